The van der Waals surface area contributed by atoms with Gasteiger partial charge in [-0.3, -0.25) is 9.89 Å². The highest BCUT2D eigenvalue weighted by Gasteiger charge is 2.34. The van der Waals surface area contributed by atoms with Crippen molar-refractivity contribution in [2.24, 2.45) is 10.9 Å². The number of methoxy groups -OCH3 is 1. The Morgan fingerprint density at radius 1 is 1.33 bits per heavy atom. The Bertz CT molecular complexity index is 638. The molecule has 1 aliphatic rings. The quantitative estimate of drug-likeness (QED) is 0.556. The van der Waals surface area contributed by atoms with Gasteiger partial charge in [-0.05, 0) is 37.9 Å². The molecule has 27 heavy (non-hydrogen) atoms. The van der Waals surface area contributed by atoms with Gasteiger partial charge in [-0.15, -0.1) is 0 Å². The van der Waals surface area contributed by atoms with Crippen LogP contribution in [0.2, 0.25) is 0 Å². The third-order valence-electron chi connectivity index (χ3n) is 4.28. The van der Waals surface area contributed by atoms with Crippen molar-refractivity contribution < 1.29 is 22.6 Å². The summed E-state index contributed by atoms with van der Waals surface area (Å²) in [4.78, 5) is 5.61. The van der Waals surface area contributed by atoms with Crippen LogP contribution in [0, 0.1) is 5.92 Å². The fourth-order valence-electron chi connectivity index (χ4n) is 3.05. The first-order valence-electron chi connectivity index (χ1n) is 8.92. The molecule has 1 aliphatic heterocycles. The Balaban J connectivity index is 1.86. The summed E-state index contributed by atoms with van der Waals surface area (Å²) < 4.78 is 48.3. The van der Waals surface area contributed by atoms with Crippen LogP contribution in [0.4, 0.5) is 18.9 Å². The summed E-state index contributed by atoms with van der Waals surface area (Å²) in [5, 5.41) is 6.34. The fourth-order valence-corrected chi connectivity index (χ4v) is 3.05. The standard InChI is InChI=1S/C18H27F3N4O2/c1-4-27-15-6-5-14(9-16(15)26-3)24-17(22-2)23-10-13-7-8-25(11-13)12-18(19,20)21/h5-6,9,13H,4,7-8,10-12H2,1-3H3,(H2,22,23,24). The number of likely N-dealkylation sites (tertiary alicyclic amines) is 1. The van der Waals surface area contributed by atoms with E-state index in [1.807, 2.05) is 19.1 Å². The number of benzene rings is 1. The molecule has 0 radical (unpaired) electrons. The van der Waals surface area contributed by atoms with Crippen molar-refractivity contribution in [3.8, 4) is 11.5 Å². The first-order valence-corrected chi connectivity index (χ1v) is 8.92. The van der Waals surface area contributed by atoms with Crippen LogP contribution in [-0.4, -0.2) is 64.0 Å². The van der Waals surface area contributed by atoms with Gasteiger partial charge in [-0.2, -0.15) is 13.2 Å². The smallest absolute Gasteiger partial charge is 0.401 e. The van der Waals surface area contributed by atoms with E-state index in [0.29, 0.717) is 43.7 Å². The van der Waals surface area contributed by atoms with Crippen molar-refractivity contribution in [2.75, 3.05) is 52.3 Å². The second-order valence-corrected chi connectivity index (χ2v) is 6.38. The van der Waals surface area contributed by atoms with Crippen LogP contribution >= 0.6 is 0 Å². The van der Waals surface area contributed by atoms with E-state index in [2.05, 4.69) is 15.6 Å². The molecule has 0 amide bonds. The minimum Gasteiger partial charge on any atom is -0.493 e. The number of ether oxygens (including phenoxy) is 2. The highest BCUT2D eigenvalue weighted by molar-refractivity contribution is 5.93. The summed E-state index contributed by atoms with van der Waals surface area (Å²) in [7, 11) is 3.22. The summed E-state index contributed by atoms with van der Waals surface area (Å²) in [5.74, 6) is 1.97. The average Bonchev–Trinajstić information content (AvgIpc) is 3.05. The number of hydrogen-bond acceptors (Lipinski definition) is 4. The number of hydrogen-bond donors (Lipinski definition) is 2. The molecule has 0 spiro atoms. The Kier molecular flexibility index (Phi) is 7.58. The van der Waals surface area contributed by atoms with Gasteiger partial charge in [-0.1, -0.05) is 0 Å². The zero-order valence-electron chi connectivity index (χ0n) is 15.9. The summed E-state index contributed by atoms with van der Waals surface area (Å²) in [6.45, 7) is 3.05. The van der Waals surface area contributed by atoms with Crippen LogP contribution in [0.15, 0.2) is 23.2 Å². The van der Waals surface area contributed by atoms with Crippen molar-refractivity contribution in [3.63, 3.8) is 0 Å². The van der Waals surface area contributed by atoms with Crippen LogP contribution in [0.3, 0.4) is 0 Å². The Labute approximate surface area is 157 Å². The highest BCUT2D eigenvalue weighted by atomic mass is 19.4. The topological polar surface area (TPSA) is 58.1 Å². The van der Waals surface area contributed by atoms with Gasteiger partial charge in [0.05, 0.1) is 20.3 Å². The largest absolute Gasteiger partial charge is 0.493 e. The van der Waals surface area contributed by atoms with Crippen molar-refractivity contribution in [1.82, 2.24) is 10.2 Å². The SMILES string of the molecule is CCOc1ccc(NC(=NC)NCC2CCN(CC(F)(F)F)C2)cc1OC. The van der Waals surface area contributed by atoms with E-state index in [9.17, 15) is 13.2 Å². The molecular formula is C18H27F3N4O2. The molecule has 1 atom stereocenters. The second-order valence-electron chi connectivity index (χ2n) is 6.38. The molecule has 1 heterocycles. The number of halogens is 3. The van der Waals surface area contributed by atoms with Crippen molar-refractivity contribution in [3.05, 3.63) is 18.2 Å². The maximum absolute atomic E-state index is 12.5. The first kappa shape index (κ1) is 21.1. The molecule has 1 unspecified atom stereocenters. The molecule has 1 aromatic carbocycles. The number of anilines is 1. The predicted octanol–water partition coefficient (Wildman–Crippen LogP) is 2.97. The van der Waals surface area contributed by atoms with E-state index < -0.39 is 12.7 Å². The third-order valence-corrected chi connectivity index (χ3v) is 4.28. The maximum atomic E-state index is 12.5. The summed E-state index contributed by atoms with van der Waals surface area (Å²) in [6.07, 6.45) is -3.41. The number of nitrogens with one attached hydrogen (secondary N) is 2. The van der Waals surface area contributed by atoms with Crippen molar-refractivity contribution in [1.29, 1.82) is 0 Å². The molecule has 1 fully saturated rings. The van der Waals surface area contributed by atoms with E-state index in [-0.39, 0.29) is 5.92 Å². The molecule has 2 N–H and O–H groups in total. The minimum atomic E-state index is -4.15. The molecule has 9 heteroatoms. The molecule has 2 rings (SSSR count). The first-order chi connectivity index (χ1) is 12.8. The summed E-state index contributed by atoms with van der Waals surface area (Å²) in [6, 6.07) is 5.46. The fraction of sp³-hybridized carbons (Fsp3) is 0.611. The molecule has 152 valence electrons. The number of aliphatic imine (C=N–C) groups is 1. The maximum Gasteiger partial charge on any atom is 0.401 e. The van der Waals surface area contributed by atoms with Gasteiger partial charge in [0.25, 0.3) is 0 Å². The molecule has 1 aromatic rings. The van der Waals surface area contributed by atoms with Gasteiger partial charge in [0.2, 0.25) is 0 Å². The molecular weight excluding hydrogens is 361 g/mol. The normalized spacial score (nSPS) is 18.4. The van der Waals surface area contributed by atoms with Gasteiger partial charge >= 0.3 is 6.18 Å². The number of guanidine groups is 1. The average molecular weight is 388 g/mol. The van der Waals surface area contributed by atoms with Gasteiger partial charge in [0, 0.05) is 31.9 Å². The zero-order valence-corrected chi connectivity index (χ0v) is 15.9. The number of alkyl halides is 3. The lowest BCUT2D eigenvalue weighted by Gasteiger charge is -2.19. The molecule has 0 aromatic heterocycles. The van der Waals surface area contributed by atoms with Gasteiger partial charge in [0.1, 0.15) is 0 Å². The second kappa shape index (κ2) is 9.68. The van der Waals surface area contributed by atoms with Crippen LogP contribution in [0.25, 0.3) is 0 Å². The van der Waals surface area contributed by atoms with E-state index in [1.54, 1.807) is 20.2 Å². The number of rotatable bonds is 7. The van der Waals surface area contributed by atoms with Gasteiger partial charge < -0.3 is 20.1 Å². The molecule has 6 nitrogen and oxygen atoms in total. The Morgan fingerprint density at radius 2 is 2.11 bits per heavy atom. The van der Waals surface area contributed by atoms with E-state index >= 15 is 0 Å². The lowest BCUT2D eigenvalue weighted by Crippen LogP contribution is -2.37. The molecule has 0 aliphatic carbocycles. The number of nitrogens with zero attached hydrogens (tertiary/aromatic N) is 2. The molecule has 1 saturated heterocycles. The monoisotopic (exact) mass is 388 g/mol. The van der Waals surface area contributed by atoms with Crippen LogP contribution in [0.1, 0.15) is 13.3 Å². The van der Waals surface area contributed by atoms with Crippen LogP contribution < -0.4 is 20.1 Å². The van der Waals surface area contributed by atoms with Crippen LogP contribution in [-0.2, 0) is 0 Å². The van der Waals surface area contributed by atoms with E-state index in [1.165, 1.54) is 4.90 Å². The summed E-state index contributed by atoms with van der Waals surface area (Å²) in [5.41, 5.74) is 0.772. The van der Waals surface area contributed by atoms with Crippen LogP contribution in [0.5, 0.6) is 11.5 Å². The minimum absolute atomic E-state index is 0.153. The highest BCUT2D eigenvalue weighted by Crippen LogP contribution is 2.30. The lowest BCUT2D eigenvalue weighted by molar-refractivity contribution is -0.143. The van der Waals surface area contributed by atoms with Crippen molar-refractivity contribution in [2.45, 2.75) is 19.5 Å². The van der Waals surface area contributed by atoms with Gasteiger partial charge in [-0.25, -0.2) is 0 Å². The Hall–Kier alpha value is -2.16. The zero-order chi connectivity index (χ0) is 19.9. The molecule has 0 bridgehead atoms. The summed E-state index contributed by atoms with van der Waals surface area (Å²) >= 11 is 0. The third kappa shape index (κ3) is 6.82. The van der Waals surface area contributed by atoms with E-state index in [4.69, 9.17) is 9.47 Å². The lowest BCUT2D eigenvalue weighted by atomic mass is 10.1. The van der Waals surface area contributed by atoms with Gasteiger partial charge in [0.15, 0.2) is 17.5 Å². The predicted molar refractivity (Wildman–Crippen MR) is 99.7 cm³/mol. The Morgan fingerprint density at radius 3 is 2.74 bits per heavy atom. The van der Waals surface area contributed by atoms with Crippen molar-refractivity contribution >= 4 is 11.6 Å². The van der Waals surface area contributed by atoms with E-state index in [0.717, 1.165) is 12.1 Å². The molecule has 0 saturated carbocycles.